The summed E-state index contributed by atoms with van der Waals surface area (Å²) in [5.41, 5.74) is 0. The van der Waals surface area contributed by atoms with Gasteiger partial charge in [0.15, 0.2) is 0 Å². The van der Waals surface area contributed by atoms with Crippen molar-refractivity contribution in [1.82, 2.24) is 0 Å². The molecule has 66 valence electrons. The Balaban J connectivity index is 2.11. The molecule has 1 fully saturated rings. The summed E-state index contributed by atoms with van der Waals surface area (Å²) < 4.78 is 0. The van der Waals surface area contributed by atoms with Gasteiger partial charge < -0.3 is 0 Å². The lowest BCUT2D eigenvalue weighted by Gasteiger charge is -2.40. The van der Waals surface area contributed by atoms with Crippen LogP contribution in [0.3, 0.4) is 0 Å². The van der Waals surface area contributed by atoms with Crippen molar-refractivity contribution >= 4 is 23.2 Å². The molecule has 2 aliphatic rings. The van der Waals surface area contributed by atoms with Gasteiger partial charge in [-0.15, -0.1) is 11.6 Å². The molecule has 0 saturated heterocycles. The van der Waals surface area contributed by atoms with Crippen LogP contribution in [0.25, 0.3) is 0 Å². The van der Waals surface area contributed by atoms with Crippen LogP contribution in [-0.4, -0.2) is 4.87 Å². The van der Waals surface area contributed by atoms with E-state index in [1.54, 1.807) is 0 Å². The fourth-order valence-corrected chi connectivity index (χ4v) is 2.65. The summed E-state index contributed by atoms with van der Waals surface area (Å²) in [4.78, 5) is -0.163. The predicted molar refractivity (Wildman–Crippen MR) is 53.6 cm³/mol. The zero-order valence-corrected chi connectivity index (χ0v) is 8.41. The van der Waals surface area contributed by atoms with E-state index in [9.17, 15) is 0 Å². The van der Waals surface area contributed by atoms with Gasteiger partial charge in [-0.25, -0.2) is 0 Å². The van der Waals surface area contributed by atoms with E-state index in [-0.39, 0.29) is 4.87 Å². The molecular formula is C10H12Cl2. The lowest BCUT2D eigenvalue weighted by molar-refractivity contribution is 0.260. The molecule has 1 saturated carbocycles. The maximum atomic E-state index is 6.46. The Labute approximate surface area is 83.2 Å². The molecular weight excluding hydrogens is 191 g/mol. The van der Waals surface area contributed by atoms with Gasteiger partial charge in [0.1, 0.15) is 0 Å². The Morgan fingerprint density at radius 2 is 2.17 bits per heavy atom. The van der Waals surface area contributed by atoms with Gasteiger partial charge >= 0.3 is 0 Å². The molecule has 0 nitrogen and oxygen atoms in total. The lowest BCUT2D eigenvalue weighted by atomic mass is 9.73. The first kappa shape index (κ1) is 8.65. The highest BCUT2D eigenvalue weighted by Gasteiger charge is 2.39. The molecule has 0 bridgehead atoms. The first-order valence-electron chi connectivity index (χ1n) is 4.43. The van der Waals surface area contributed by atoms with Crippen LogP contribution in [0.1, 0.15) is 25.7 Å². The number of rotatable bonds is 1. The fourth-order valence-electron chi connectivity index (χ4n) is 1.86. The minimum atomic E-state index is -0.163. The summed E-state index contributed by atoms with van der Waals surface area (Å²) in [7, 11) is 0. The maximum absolute atomic E-state index is 6.46. The molecule has 1 unspecified atom stereocenters. The van der Waals surface area contributed by atoms with Crippen LogP contribution >= 0.6 is 23.2 Å². The average molecular weight is 203 g/mol. The van der Waals surface area contributed by atoms with E-state index in [0.29, 0.717) is 5.92 Å². The zero-order chi connectivity index (χ0) is 8.60. The molecule has 0 aliphatic heterocycles. The SMILES string of the molecule is ClC1=CC=CC(Cl)(C2CCC2)C1. The maximum Gasteiger partial charge on any atom is 0.0705 e. The summed E-state index contributed by atoms with van der Waals surface area (Å²) in [6, 6.07) is 0. The lowest BCUT2D eigenvalue weighted by Crippen LogP contribution is -2.35. The Bertz CT molecular complexity index is 238. The molecule has 0 spiro atoms. The smallest absolute Gasteiger partial charge is 0.0705 e. The third-order valence-electron chi connectivity index (χ3n) is 2.87. The summed E-state index contributed by atoms with van der Waals surface area (Å²) in [5, 5.41) is 0.888. The second kappa shape index (κ2) is 3.08. The molecule has 2 aliphatic carbocycles. The molecule has 12 heavy (non-hydrogen) atoms. The van der Waals surface area contributed by atoms with Gasteiger partial charge in [0.2, 0.25) is 0 Å². The van der Waals surface area contributed by atoms with Crippen LogP contribution < -0.4 is 0 Å². The van der Waals surface area contributed by atoms with Crippen molar-refractivity contribution < 1.29 is 0 Å². The first-order valence-corrected chi connectivity index (χ1v) is 5.19. The van der Waals surface area contributed by atoms with Gasteiger partial charge in [-0.1, -0.05) is 30.2 Å². The Kier molecular flexibility index (Phi) is 2.22. The topological polar surface area (TPSA) is 0 Å². The van der Waals surface area contributed by atoms with Crippen molar-refractivity contribution in [2.75, 3.05) is 0 Å². The highest BCUT2D eigenvalue weighted by Crippen LogP contribution is 2.46. The molecule has 0 N–H and O–H groups in total. The Morgan fingerprint density at radius 3 is 2.67 bits per heavy atom. The minimum Gasteiger partial charge on any atom is -0.114 e. The third-order valence-corrected chi connectivity index (χ3v) is 3.70. The predicted octanol–water partition coefficient (Wildman–Crippen LogP) is 3.85. The number of hydrogen-bond acceptors (Lipinski definition) is 0. The fraction of sp³-hybridized carbons (Fsp3) is 0.600. The third kappa shape index (κ3) is 1.43. The van der Waals surface area contributed by atoms with E-state index in [4.69, 9.17) is 23.2 Å². The Hall–Kier alpha value is 0.0600. The van der Waals surface area contributed by atoms with Gasteiger partial charge in [-0.3, -0.25) is 0 Å². The molecule has 0 amide bonds. The van der Waals surface area contributed by atoms with E-state index in [1.165, 1.54) is 19.3 Å². The van der Waals surface area contributed by atoms with E-state index < -0.39 is 0 Å². The summed E-state index contributed by atoms with van der Waals surface area (Å²) in [6.45, 7) is 0. The number of hydrogen-bond donors (Lipinski definition) is 0. The highest BCUT2D eigenvalue weighted by molar-refractivity contribution is 6.32. The summed E-state index contributed by atoms with van der Waals surface area (Å²) in [5.74, 6) is 0.651. The van der Waals surface area contributed by atoms with Crippen LogP contribution in [0.15, 0.2) is 23.3 Å². The normalized spacial score (nSPS) is 36.0. The van der Waals surface area contributed by atoms with Gasteiger partial charge in [-0.05, 0) is 24.8 Å². The molecule has 0 aromatic carbocycles. The van der Waals surface area contributed by atoms with Crippen molar-refractivity contribution in [2.24, 2.45) is 5.92 Å². The van der Waals surface area contributed by atoms with E-state index in [0.717, 1.165) is 11.5 Å². The van der Waals surface area contributed by atoms with Crippen LogP contribution in [-0.2, 0) is 0 Å². The van der Waals surface area contributed by atoms with Crippen molar-refractivity contribution in [1.29, 1.82) is 0 Å². The van der Waals surface area contributed by atoms with Crippen LogP contribution in [0.4, 0.5) is 0 Å². The number of allylic oxidation sites excluding steroid dienone is 4. The second-order valence-electron chi connectivity index (χ2n) is 3.70. The van der Waals surface area contributed by atoms with Crippen molar-refractivity contribution in [2.45, 2.75) is 30.6 Å². The van der Waals surface area contributed by atoms with E-state index in [2.05, 4.69) is 6.08 Å². The molecule has 1 atom stereocenters. The molecule has 0 aromatic heterocycles. The van der Waals surface area contributed by atoms with Crippen LogP contribution in [0, 0.1) is 5.92 Å². The van der Waals surface area contributed by atoms with Gasteiger partial charge in [0.25, 0.3) is 0 Å². The standard InChI is InChI=1S/C10H12Cl2/c11-9-5-2-6-10(12,7-9)8-3-1-4-8/h2,5-6,8H,1,3-4,7H2. The molecule has 0 aromatic rings. The van der Waals surface area contributed by atoms with Gasteiger partial charge in [0, 0.05) is 11.5 Å². The average Bonchev–Trinajstić information content (AvgIpc) is 1.79. The van der Waals surface area contributed by atoms with E-state index in [1.807, 2.05) is 12.2 Å². The number of alkyl halides is 1. The molecule has 0 heterocycles. The quantitative estimate of drug-likeness (QED) is 0.568. The second-order valence-corrected chi connectivity index (χ2v) is 4.89. The van der Waals surface area contributed by atoms with Crippen molar-refractivity contribution in [3.05, 3.63) is 23.3 Å². The molecule has 2 heteroatoms. The monoisotopic (exact) mass is 202 g/mol. The zero-order valence-electron chi connectivity index (χ0n) is 6.89. The first-order chi connectivity index (χ1) is 5.71. The van der Waals surface area contributed by atoms with Crippen molar-refractivity contribution in [3.8, 4) is 0 Å². The van der Waals surface area contributed by atoms with E-state index >= 15 is 0 Å². The largest absolute Gasteiger partial charge is 0.114 e. The number of halogens is 2. The summed E-state index contributed by atoms with van der Waals surface area (Å²) in [6.07, 6.45) is 10.7. The van der Waals surface area contributed by atoms with Crippen LogP contribution in [0.5, 0.6) is 0 Å². The van der Waals surface area contributed by atoms with Gasteiger partial charge in [-0.2, -0.15) is 0 Å². The van der Waals surface area contributed by atoms with Gasteiger partial charge in [0.05, 0.1) is 4.87 Å². The van der Waals surface area contributed by atoms with Crippen LogP contribution in [0.2, 0.25) is 0 Å². The minimum absolute atomic E-state index is 0.163. The molecule has 2 rings (SSSR count). The highest BCUT2D eigenvalue weighted by atomic mass is 35.5. The molecule has 0 radical (unpaired) electrons. The van der Waals surface area contributed by atoms with Crippen molar-refractivity contribution in [3.63, 3.8) is 0 Å². The Morgan fingerprint density at radius 1 is 1.42 bits per heavy atom. The summed E-state index contributed by atoms with van der Waals surface area (Å²) >= 11 is 12.4.